The van der Waals surface area contributed by atoms with Gasteiger partial charge in [-0.3, -0.25) is 0 Å². The molecule has 386 valence electrons. The van der Waals surface area contributed by atoms with E-state index in [-0.39, 0.29) is 0 Å². The molecule has 84 heavy (non-hydrogen) atoms. The molecule has 0 aliphatic rings. The van der Waals surface area contributed by atoms with E-state index in [0.717, 1.165) is 99.2 Å². The molecule has 9 nitrogen and oxygen atoms in total. The molecular weight excluding hydrogens is 1030 g/mol. The zero-order valence-corrected chi connectivity index (χ0v) is 44.7. The van der Waals surface area contributed by atoms with Crippen molar-refractivity contribution in [2.45, 2.75) is 0 Å². The Morgan fingerprint density at radius 3 is 0.940 bits per heavy atom. The predicted octanol–water partition coefficient (Wildman–Crippen LogP) is 17.7. The van der Waals surface area contributed by atoms with Gasteiger partial charge in [0.05, 0.1) is 103 Å². The van der Waals surface area contributed by atoms with Gasteiger partial charge in [0.25, 0.3) is 0 Å². The van der Waals surface area contributed by atoms with Crippen LogP contribution in [0.25, 0.3) is 133 Å². The average molecular weight is 1070 g/mol. The molecule has 14 aromatic rings. The van der Waals surface area contributed by atoms with Crippen LogP contribution in [0.3, 0.4) is 0 Å². The van der Waals surface area contributed by atoms with Gasteiger partial charge < -0.3 is 9.13 Å². The highest BCUT2D eigenvalue weighted by Crippen LogP contribution is 2.46. The topological polar surface area (TPSA) is 155 Å². The Balaban J connectivity index is 1.15. The highest BCUT2D eigenvalue weighted by atomic mass is 15.0. The summed E-state index contributed by atoms with van der Waals surface area (Å²) in [6, 6.07) is 93.3. The smallest absolute Gasteiger partial charge is 0.160 e. The zero-order valence-electron chi connectivity index (χ0n) is 44.7. The molecule has 0 spiro atoms. The first-order chi connectivity index (χ1) is 41.4. The van der Waals surface area contributed by atoms with E-state index in [2.05, 4.69) is 88.0 Å². The Morgan fingerprint density at radius 2 is 0.595 bits per heavy atom. The second-order valence-corrected chi connectivity index (χ2v) is 20.4. The maximum absolute atomic E-state index is 11.4. The van der Waals surface area contributed by atoms with Gasteiger partial charge in [0, 0.05) is 38.2 Å². The van der Waals surface area contributed by atoms with E-state index in [0.29, 0.717) is 62.0 Å². The third-order valence-corrected chi connectivity index (χ3v) is 15.8. The minimum absolute atomic E-state index is 0.382. The summed E-state index contributed by atoms with van der Waals surface area (Å²) in [5.74, 6) is 0.501. The van der Waals surface area contributed by atoms with Gasteiger partial charge in [0.15, 0.2) is 5.82 Å². The molecule has 0 bridgehead atoms. The largest absolute Gasteiger partial charge is 0.308 e. The summed E-state index contributed by atoms with van der Waals surface area (Å²) in [5, 5.41) is 56.4. The minimum Gasteiger partial charge on any atom is -0.308 e. The fraction of sp³-hybridized carbons (Fsp3) is 0. The molecule has 0 atom stereocenters. The summed E-state index contributed by atoms with van der Waals surface area (Å²) in [7, 11) is 0. The van der Waals surface area contributed by atoms with E-state index in [1.807, 2.05) is 200 Å². The van der Waals surface area contributed by atoms with Crippen LogP contribution in [0.1, 0.15) is 27.8 Å². The van der Waals surface area contributed by atoms with Crippen LogP contribution < -0.4 is 0 Å². The number of benzene rings is 11. The maximum Gasteiger partial charge on any atom is 0.160 e. The maximum atomic E-state index is 11.4. The zero-order chi connectivity index (χ0) is 56.8. The third-order valence-electron chi connectivity index (χ3n) is 15.8. The molecule has 0 unspecified atom stereocenters. The van der Waals surface area contributed by atoms with Crippen LogP contribution in [0.4, 0.5) is 0 Å². The van der Waals surface area contributed by atoms with Crippen molar-refractivity contribution in [3.8, 4) is 120 Å². The van der Waals surface area contributed by atoms with Crippen molar-refractivity contribution in [1.82, 2.24) is 19.1 Å². The lowest BCUT2D eigenvalue weighted by molar-refractivity contribution is 1.11. The second-order valence-electron chi connectivity index (χ2n) is 20.4. The number of hydrogen-bond donors (Lipinski definition) is 0. The van der Waals surface area contributed by atoms with Crippen LogP contribution >= 0.6 is 0 Å². The number of rotatable bonds is 9. The van der Waals surface area contributed by atoms with Gasteiger partial charge in [-0.05, 0) is 136 Å². The molecule has 9 heteroatoms. The highest BCUT2D eigenvalue weighted by Gasteiger charge is 2.27. The Morgan fingerprint density at radius 1 is 0.274 bits per heavy atom. The molecule has 3 aromatic heterocycles. The lowest BCUT2D eigenvalue weighted by atomic mass is 9.96. The number of nitriles is 5. The third kappa shape index (κ3) is 8.37. The van der Waals surface area contributed by atoms with E-state index < -0.39 is 0 Å². The molecule has 0 saturated carbocycles. The van der Waals surface area contributed by atoms with Crippen molar-refractivity contribution in [3.05, 3.63) is 277 Å². The van der Waals surface area contributed by atoms with Gasteiger partial charge in [0.1, 0.15) is 0 Å². The molecule has 0 aliphatic heterocycles. The highest BCUT2D eigenvalue weighted by molar-refractivity contribution is 6.15. The van der Waals surface area contributed by atoms with Crippen molar-refractivity contribution in [2.24, 2.45) is 0 Å². The quantitative estimate of drug-likeness (QED) is 0.139. The lowest BCUT2D eigenvalue weighted by Gasteiger charge is -2.21. The lowest BCUT2D eigenvalue weighted by Crippen LogP contribution is -2.07. The first-order valence-corrected chi connectivity index (χ1v) is 27.2. The summed E-state index contributed by atoms with van der Waals surface area (Å²) in [6.45, 7) is 0. The second kappa shape index (κ2) is 20.7. The Hall–Kier alpha value is -12.5. The van der Waals surface area contributed by atoms with Gasteiger partial charge in [-0.25, -0.2) is 9.97 Å². The molecular formula is C75H41N9. The standard InChI is InChI=1S/C75H41N9/c76-42-47-35-72(83-68-31-27-50(58-23-11-7-19-54(58)43-77)37-62(68)63-38-51(28-32-69(63)83)59-24-12-8-20-55(59)44-78)74(67-41-66(48-15-3-1-4-16-48)81-75(82-67)49-17-5-2-6-18-49)73(36-47)84-70-33-29-52(60-25-13-9-21-56(60)45-79)39-64(70)65-40-53(30-34-71(65)84)61-26-14-10-22-57(61)46-80/h1-41H. The van der Waals surface area contributed by atoms with Crippen molar-refractivity contribution in [1.29, 1.82) is 26.3 Å². The molecule has 14 rings (SSSR count). The summed E-state index contributed by atoms with van der Waals surface area (Å²) in [6.07, 6.45) is 0. The molecule has 0 aliphatic carbocycles. The van der Waals surface area contributed by atoms with Crippen LogP contribution in [-0.4, -0.2) is 19.1 Å². The molecule has 0 fully saturated rings. The Kier molecular flexibility index (Phi) is 12.2. The van der Waals surface area contributed by atoms with E-state index in [4.69, 9.17) is 9.97 Å². The van der Waals surface area contributed by atoms with Gasteiger partial charge >= 0.3 is 0 Å². The first kappa shape index (κ1) is 49.8. The Labute approximate surface area is 483 Å². The van der Waals surface area contributed by atoms with Crippen molar-refractivity contribution in [3.63, 3.8) is 0 Å². The normalized spacial score (nSPS) is 11.0. The van der Waals surface area contributed by atoms with Gasteiger partial charge in [-0.1, -0.05) is 158 Å². The SMILES string of the molecule is N#Cc1cc(-n2c3ccc(-c4ccccc4C#N)cc3c3cc(-c4ccccc4C#N)ccc32)c(-c2cc(-c3ccccc3)nc(-c3ccccc3)n2)c(-n2c3ccc(-c4ccccc4C#N)cc3c3cc(-c4ccccc4C#N)ccc32)c1. The summed E-state index contributed by atoms with van der Waals surface area (Å²) >= 11 is 0. The van der Waals surface area contributed by atoms with E-state index >= 15 is 0 Å². The van der Waals surface area contributed by atoms with Gasteiger partial charge in [-0.2, -0.15) is 26.3 Å². The van der Waals surface area contributed by atoms with Gasteiger partial charge in [0.2, 0.25) is 0 Å². The number of hydrogen-bond acceptors (Lipinski definition) is 7. The molecule has 0 N–H and O–H groups in total. The molecule has 0 saturated heterocycles. The van der Waals surface area contributed by atoms with E-state index in [1.165, 1.54) is 0 Å². The predicted molar refractivity (Wildman–Crippen MR) is 332 cm³/mol. The van der Waals surface area contributed by atoms with Crippen molar-refractivity contribution < 1.29 is 0 Å². The summed E-state index contributed by atoms with van der Waals surface area (Å²) in [4.78, 5) is 10.8. The average Bonchev–Trinajstić information content (AvgIpc) is 3.75. The summed E-state index contributed by atoms with van der Waals surface area (Å²) in [5.41, 5.74) is 17.4. The number of aromatic nitrogens is 4. The van der Waals surface area contributed by atoms with Crippen LogP contribution in [0.2, 0.25) is 0 Å². The van der Waals surface area contributed by atoms with Crippen LogP contribution in [-0.2, 0) is 0 Å². The monoisotopic (exact) mass is 1070 g/mol. The van der Waals surface area contributed by atoms with E-state index in [9.17, 15) is 26.3 Å². The van der Waals surface area contributed by atoms with Crippen LogP contribution in [0.5, 0.6) is 0 Å². The minimum atomic E-state index is 0.382. The van der Waals surface area contributed by atoms with Crippen molar-refractivity contribution >= 4 is 43.6 Å². The molecule has 0 amide bonds. The summed E-state index contributed by atoms with van der Waals surface area (Å²) < 4.78 is 4.41. The van der Waals surface area contributed by atoms with E-state index in [1.54, 1.807) is 0 Å². The van der Waals surface area contributed by atoms with Crippen LogP contribution in [0.15, 0.2) is 249 Å². The molecule has 0 radical (unpaired) electrons. The number of fused-ring (bicyclic) bond motifs is 6. The molecule has 11 aromatic carbocycles. The first-order valence-electron chi connectivity index (χ1n) is 27.2. The number of nitrogens with zero attached hydrogens (tertiary/aromatic N) is 9. The van der Waals surface area contributed by atoms with Crippen molar-refractivity contribution in [2.75, 3.05) is 0 Å². The van der Waals surface area contributed by atoms with Crippen LogP contribution in [0, 0.1) is 56.7 Å². The Bertz CT molecular complexity index is 4720. The fourth-order valence-corrected chi connectivity index (χ4v) is 11.9. The van der Waals surface area contributed by atoms with Gasteiger partial charge in [-0.15, -0.1) is 0 Å². The fourth-order valence-electron chi connectivity index (χ4n) is 11.9. The molecule has 3 heterocycles.